The minimum absolute atomic E-state index is 0.0213. The molecule has 0 radical (unpaired) electrons. The molecular formula is C34H46N2O6. The number of amides is 2. The third kappa shape index (κ3) is 11.0. The van der Waals surface area contributed by atoms with Crippen molar-refractivity contribution in [1.29, 1.82) is 0 Å². The van der Waals surface area contributed by atoms with Crippen molar-refractivity contribution in [2.45, 2.75) is 66.7 Å². The van der Waals surface area contributed by atoms with Gasteiger partial charge in [0.05, 0.1) is 5.92 Å². The summed E-state index contributed by atoms with van der Waals surface area (Å²) < 4.78 is 10.9. The van der Waals surface area contributed by atoms with E-state index in [-0.39, 0.29) is 60.0 Å². The number of hydrogen-bond acceptors (Lipinski definition) is 6. The molecule has 4 unspecified atom stereocenters. The fraction of sp³-hybridized carbons (Fsp3) is 0.529. The second-order valence-corrected chi connectivity index (χ2v) is 13.1. The quantitative estimate of drug-likeness (QED) is 0.274. The zero-order valence-electron chi connectivity index (χ0n) is 25.6. The maximum absolute atomic E-state index is 12.7. The lowest BCUT2D eigenvalue weighted by Crippen LogP contribution is -2.44. The van der Waals surface area contributed by atoms with Crippen LogP contribution >= 0.6 is 0 Å². The molecule has 0 aliphatic heterocycles. The van der Waals surface area contributed by atoms with E-state index >= 15 is 0 Å². The topological polar surface area (TPSA) is 111 Å². The number of para-hydroxylation sites is 1. The van der Waals surface area contributed by atoms with E-state index in [2.05, 4.69) is 31.4 Å². The Bertz CT molecular complexity index is 1200. The molecule has 0 saturated heterocycles. The SMILES string of the molecule is CC(COC(=O)CC1CC(C)(C)CC(C)(CNC(=O)OCC(C)C(=O)Nc2ccccc2)C1)C(=O)Cc1ccccc1. The van der Waals surface area contributed by atoms with Gasteiger partial charge in [0.25, 0.3) is 0 Å². The predicted octanol–water partition coefficient (Wildman–Crippen LogP) is 6.20. The number of ether oxygens (including phenoxy) is 2. The van der Waals surface area contributed by atoms with Crippen LogP contribution in [0.1, 0.15) is 65.9 Å². The van der Waals surface area contributed by atoms with Crippen molar-refractivity contribution in [2.24, 2.45) is 28.6 Å². The highest BCUT2D eigenvalue weighted by Crippen LogP contribution is 2.49. The molecule has 0 heterocycles. The third-order valence-corrected chi connectivity index (χ3v) is 7.86. The van der Waals surface area contributed by atoms with Crippen LogP contribution in [-0.2, 0) is 30.3 Å². The van der Waals surface area contributed by atoms with E-state index < -0.39 is 12.0 Å². The molecule has 2 N–H and O–H groups in total. The second kappa shape index (κ2) is 15.0. The Balaban J connectivity index is 1.42. The molecule has 0 spiro atoms. The molecule has 8 nitrogen and oxygen atoms in total. The molecule has 0 bridgehead atoms. The monoisotopic (exact) mass is 578 g/mol. The Kier molecular flexibility index (Phi) is 11.7. The number of esters is 1. The van der Waals surface area contributed by atoms with Crippen LogP contribution in [0.25, 0.3) is 0 Å². The summed E-state index contributed by atoms with van der Waals surface area (Å²) in [5.41, 5.74) is 1.38. The number of benzene rings is 2. The third-order valence-electron chi connectivity index (χ3n) is 7.86. The maximum atomic E-state index is 12.7. The summed E-state index contributed by atoms with van der Waals surface area (Å²) in [5, 5.41) is 5.68. The van der Waals surface area contributed by atoms with E-state index in [0.29, 0.717) is 18.7 Å². The van der Waals surface area contributed by atoms with Gasteiger partial charge >= 0.3 is 12.1 Å². The molecule has 1 saturated carbocycles. The fourth-order valence-corrected chi connectivity index (χ4v) is 6.11. The zero-order chi connectivity index (χ0) is 30.8. The fourth-order valence-electron chi connectivity index (χ4n) is 6.11. The normalized spacial score (nSPS) is 20.9. The summed E-state index contributed by atoms with van der Waals surface area (Å²) in [4.78, 5) is 50.2. The largest absolute Gasteiger partial charge is 0.465 e. The van der Waals surface area contributed by atoms with Crippen LogP contribution in [0, 0.1) is 28.6 Å². The molecule has 2 aromatic rings. The standard InChI is InChI=1S/C34H46N2O6/c1-24(29(37)16-26-12-8-6-9-13-26)20-41-30(38)17-27-18-33(3,4)22-34(5,19-27)23-35-32(40)42-21-25(2)31(39)36-28-14-10-7-11-15-28/h6-15,24-25,27H,16-23H2,1-5H3,(H,35,40)(H,36,39). The number of Topliss-reactive ketones (excluding diaryl/α,β-unsaturated/α-hetero) is 1. The zero-order valence-corrected chi connectivity index (χ0v) is 25.6. The highest BCUT2D eigenvalue weighted by Gasteiger charge is 2.42. The summed E-state index contributed by atoms with van der Waals surface area (Å²) >= 11 is 0. The first-order valence-electron chi connectivity index (χ1n) is 14.8. The van der Waals surface area contributed by atoms with Crippen molar-refractivity contribution >= 4 is 29.4 Å². The average Bonchev–Trinajstić information content (AvgIpc) is 2.93. The lowest BCUT2D eigenvalue weighted by molar-refractivity contribution is -0.148. The van der Waals surface area contributed by atoms with E-state index in [1.165, 1.54) is 0 Å². The van der Waals surface area contributed by atoms with Crippen molar-refractivity contribution < 1.29 is 28.7 Å². The lowest BCUT2D eigenvalue weighted by atomic mass is 9.60. The van der Waals surface area contributed by atoms with Crippen LogP contribution in [-0.4, -0.2) is 43.5 Å². The highest BCUT2D eigenvalue weighted by molar-refractivity contribution is 5.92. The highest BCUT2D eigenvalue weighted by atomic mass is 16.5. The Labute approximate surface area is 249 Å². The van der Waals surface area contributed by atoms with E-state index in [0.717, 1.165) is 24.8 Å². The summed E-state index contributed by atoms with van der Waals surface area (Å²) in [6.07, 6.45) is 2.54. The van der Waals surface area contributed by atoms with Gasteiger partial charge in [0, 0.05) is 31.0 Å². The number of ketones is 1. The van der Waals surface area contributed by atoms with Gasteiger partial charge in [-0.3, -0.25) is 14.4 Å². The number of carbonyl (C=O) groups is 4. The van der Waals surface area contributed by atoms with Crippen molar-refractivity contribution in [1.82, 2.24) is 5.32 Å². The van der Waals surface area contributed by atoms with Crippen LogP contribution < -0.4 is 10.6 Å². The number of hydrogen-bond donors (Lipinski definition) is 2. The molecule has 1 fully saturated rings. The van der Waals surface area contributed by atoms with E-state index in [1.807, 2.05) is 48.5 Å². The van der Waals surface area contributed by atoms with E-state index in [9.17, 15) is 19.2 Å². The Hall–Kier alpha value is -3.68. The van der Waals surface area contributed by atoms with Crippen molar-refractivity contribution in [2.75, 3.05) is 25.1 Å². The number of anilines is 1. The molecule has 228 valence electrons. The number of nitrogens with one attached hydrogen (secondary N) is 2. The molecule has 1 aliphatic carbocycles. The Morgan fingerprint density at radius 1 is 0.857 bits per heavy atom. The molecular weight excluding hydrogens is 532 g/mol. The number of rotatable bonds is 13. The molecule has 2 aromatic carbocycles. The minimum atomic E-state index is -0.566. The van der Waals surface area contributed by atoms with Gasteiger partial charge in [-0.25, -0.2) is 4.79 Å². The van der Waals surface area contributed by atoms with Gasteiger partial charge in [0.15, 0.2) is 0 Å². The van der Waals surface area contributed by atoms with Gasteiger partial charge in [-0.2, -0.15) is 0 Å². The van der Waals surface area contributed by atoms with Crippen molar-refractivity contribution in [3.8, 4) is 0 Å². The Morgan fingerprint density at radius 3 is 2.14 bits per heavy atom. The molecule has 1 aliphatic rings. The molecule has 2 amide bonds. The maximum Gasteiger partial charge on any atom is 0.407 e. The molecule has 8 heteroatoms. The summed E-state index contributed by atoms with van der Waals surface area (Å²) in [6.45, 7) is 10.4. The molecule has 0 aromatic heterocycles. The van der Waals surface area contributed by atoms with Gasteiger partial charge in [-0.15, -0.1) is 0 Å². The van der Waals surface area contributed by atoms with Crippen molar-refractivity contribution in [3.63, 3.8) is 0 Å². The van der Waals surface area contributed by atoms with E-state index in [1.54, 1.807) is 26.0 Å². The first-order valence-corrected chi connectivity index (χ1v) is 14.8. The minimum Gasteiger partial charge on any atom is -0.465 e. The van der Waals surface area contributed by atoms with Gasteiger partial charge in [0.2, 0.25) is 5.91 Å². The van der Waals surface area contributed by atoms with Gasteiger partial charge in [0.1, 0.15) is 19.0 Å². The van der Waals surface area contributed by atoms with Crippen LogP contribution in [0.4, 0.5) is 10.5 Å². The summed E-state index contributed by atoms with van der Waals surface area (Å²) in [5.74, 6) is -1.25. The van der Waals surface area contributed by atoms with E-state index in [4.69, 9.17) is 9.47 Å². The molecule has 42 heavy (non-hydrogen) atoms. The number of alkyl carbamates (subject to hydrolysis) is 1. The Morgan fingerprint density at radius 2 is 1.48 bits per heavy atom. The smallest absolute Gasteiger partial charge is 0.407 e. The second-order valence-electron chi connectivity index (χ2n) is 13.1. The first kappa shape index (κ1) is 32.8. The van der Waals surface area contributed by atoms with Crippen LogP contribution in [0.3, 0.4) is 0 Å². The van der Waals surface area contributed by atoms with Crippen LogP contribution in [0.15, 0.2) is 60.7 Å². The number of carbonyl (C=O) groups excluding carboxylic acids is 4. The van der Waals surface area contributed by atoms with Crippen LogP contribution in [0.5, 0.6) is 0 Å². The lowest BCUT2D eigenvalue weighted by Gasteiger charge is -2.46. The van der Waals surface area contributed by atoms with Gasteiger partial charge < -0.3 is 20.1 Å². The van der Waals surface area contributed by atoms with Gasteiger partial charge in [-0.1, -0.05) is 83.1 Å². The van der Waals surface area contributed by atoms with Gasteiger partial charge in [-0.05, 0) is 53.7 Å². The van der Waals surface area contributed by atoms with Crippen molar-refractivity contribution in [3.05, 3.63) is 66.2 Å². The summed E-state index contributed by atoms with van der Waals surface area (Å²) in [6, 6.07) is 18.7. The van der Waals surface area contributed by atoms with Crippen LogP contribution in [0.2, 0.25) is 0 Å². The summed E-state index contributed by atoms with van der Waals surface area (Å²) in [7, 11) is 0. The first-order chi connectivity index (χ1) is 19.8. The predicted molar refractivity (Wildman–Crippen MR) is 163 cm³/mol. The average molecular weight is 579 g/mol. The molecule has 3 rings (SSSR count). The molecule has 4 atom stereocenters.